The highest BCUT2D eigenvalue weighted by Crippen LogP contribution is 2.12. The lowest BCUT2D eigenvalue weighted by molar-refractivity contribution is 0.192. The number of likely N-dealkylation sites (N-methyl/N-ethyl adjacent to an activating group) is 1. The van der Waals surface area contributed by atoms with Crippen LogP contribution in [0.5, 0.6) is 0 Å². The molecular weight excluding hydrogens is 306 g/mol. The fourth-order valence-electron chi connectivity index (χ4n) is 2.81. The van der Waals surface area contributed by atoms with Gasteiger partial charge in [-0.3, -0.25) is 0 Å². The Morgan fingerprint density at radius 1 is 1.35 bits per heavy atom. The average Bonchev–Trinajstić information content (AvgIpc) is 2.56. The fraction of sp³-hybridized carbons (Fsp3) is 0.611. The number of benzene rings is 1. The number of aryl methyl sites for hydroxylation is 1. The maximum absolute atomic E-state index is 11.9. The second-order valence-electron chi connectivity index (χ2n) is 6.17. The first-order valence-corrected chi connectivity index (χ1v) is 9.73. The van der Waals surface area contributed by atoms with E-state index >= 15 is 0 Å². The van der Waals surface area contributed by atoms with E-state index in [9.17, 15) is 4.79 Å². The zero-order valence-corrected chi connectivity index (χ0v) is 15.1. The molecule has 23 heavy (non-hydrogen) atoms. The number of thioether (sulfide) groups is 1. The predicted octanol–water partition coefficient (Wildman–Crippen LogP) is 3.01. The van der Waals surface area contributed by atoms with Crippen molar-refractivity contribution >= 4 is 17.8 Å². The van der Waals surface area contributed by atoms with Crippen LogP contribution in [0.25, 0.3) is 0 Å². The molecule has 0 radical (unpaired) electrons. The van der Waals surface area contributed by atoms with Crippen LogP contribution < -0.4 is 10.6 Å². The Morgan fingerprint density at radius 3 is 2.87 bits per heavy atom. The third-order valence-corrected chi connectivity index (χ3v) is 5.24. The zero-order chi connectivity index (χ0) is 16.5. The van der Waals surface area contributed by atoms with Crippen molar-refractivity contribution in [1.82, 2.24) is 15.5 Å². The van der Waals surface area contributed by atoms with Gasteiger partial charge in [-0.1, -0.05) is 36.8 Å². The maximum Gasteiger partial charge on any atom is 0.315 e. The predicted molar refractivity (Wildman–Crippen MR) is 99.0 cm³/mol. The first kappa shape index (κ1) is 18.1. The van der Waals surface area contributed by atoms with Crippen LogP contribution in [0.2, 0.25) is 0 Å². The van der Waals surface area contributed by atoms with Gasteiger partial charge in [0.05, 0.1) is 0 Å². The standard InChI is InChI=1S/C18H29N3OS/c1-3-21-11-4-5-17(13-21)20-18(22)19-10-12-23-14-16-8-6-15(2)7-9-16/h6-9,17H,3-5,10-14H2,1-2H3,(H2,19,20,22). The summed E-state index contributed by atoms with van der Waals surface area (Å²) >= 11 is 1.85. The molecule has 128 valence electrons. The minimum Gasteiger partial charge on any atom is -0.337 e. The van der Waals surface area contributed by atoms with Crippen LogP contribution in [-0.2, 0) is 5.75 Å². The SMILES string of the molecule is CCN1CCCC(NC(=O)NCCSCc2ccc(C)cc2)C1. The van der Waals surface area contributed by atoms with Crippen LogP contribution in [0.1, 0.15) is 30.9 Å². The number of hydrogen-bond donors (Lipinski definition) is 2. The van der Waals surface area contributed by atoms with E-state index in [1.807, 2.05) is 11.8 Å². The summed E-state index contributed by atoms with van der Waals surface area (Å²) < 4.78 is 0. The summed E-state index contributed by atoms with van der Waals surface area (Å²) in [6.07, 6.45) is 2.26. The molecule has 2 N–H and O–H groups in total. The lowest BCUT2D eigenvalue weighted by Gasteiger charge is -2.32. The van der Waals surface area contributed by atoms with E-state index in [1.165, 1.54) is 17.5 Å². The highest BCUT2D eigenvalue weighted by molar-refractivity contribution is 7.98. The fourth-order valence-corrected chi connectivity index (χ4v) is 3.63. The number of piperidine rings is 1. The number of nitrogens with one attached hydrogen (secondary N) is 2. The Labute approximate surface area is 144 Å². The lowest BCUT2D eigenvalue weighted by atomic mass is 10.1. The molecule has 1 heterocycles. The van der Waals surface area contributed by atoms with Gasteiger partial charge >= 0.3 is 6.03 Å². The van der Waals surface area contributed by atoms with Gasteiger partial charge in [-0.25, -0.2) is 4.79 Å². The summed E-state index contributed by atoms with van der Waals surface area (Å²) in [5.41, 5.74) is 2.63. The van der Waals surface area contributed by atoms with Gasteiger partial charge in [0.15, 0.2) is 0 Å². The molecular formula is C18H29N3OS. The Bertz CT molecular complexity index is 478. The molecule has 1 saturated heterocycles. The van der Waals surface area contributed by atoms with Gasteiger partial charge in [-0.15, -0.1) is 0 Å². The van der Waals surface area contributed by atoms with Crippen molar-refractivity contribution in [1.29, 1.82) is 0 Å². The van der Waals surface area contributed by atoms with Gasteiger partial charge in [0.2, 0.25) is 0 Å². The van der Waals surface area contributed by atoms with Gasteiger partial charge < -0.3 is 15.5 Å². The smallest absolute Gasteiger partial charge is 0.315 e. The molecule has 2 rings (SSSR count). The van der Waals surface area contributed by atoms with Crippen molar-refractivity contribution in [3.8, 4) is 0 Å². The van der Waals surface area contributed by atoms with E-state index in [-0.39, 0.29) is 6.03 Å². The Balaban J connectivity index is 1.55. The number of nitrogens with zero attached hydrogens (tertiary/aromatic N) is 1. The van der Waals surface area contributed by atoms with E-state index in [1.54, 1.807) is 0 Å². The minimum absolute atomic E-state index is 0.0242. The molecule has 2 amide bonds. The van der Waals surface area contributed by atoms with Crippen molar-refractivity contribution in [2.24, 2.45) is 0 Å². The van der Waals surface area contributed by atoms with Crippen LogP contribution in [-0.4, -0.2) is 48.9 Å². The summed E-state index contributed by atoms with van der Waals surface area (Å²) in [4.78, 5) is 14.3. The number of amides is 2. The molecule has 1 aromatic rings. The summed E-state index contributed by atoms with van der Waals surface area (Å²) in [5, 5.41) is 6.07. The molecule has 1 aromatic carbocycles. The quantitative estimate of drug-likeness (QED) is 0.753. The van der Waals surface area contributed by atoms with E-state index in [0.717, 1.165) is 37.6 Å². The van der Waals surface area contributed by atoms with Gasteiger partial charge in [0.1, 0.15) is 0 Å². The molecule has 0 saturated carbocycles. The second kappa shape index (κ2) is 9.83. The minimum atomic E-state index is -0.0242. The molecule has 1 aliphatic heterocycles. The molecule has 1 fully saturated rings. The zero-order valence-electron chi connectivity index (χ0n) is 14.3. The largest absolute Gasteiger partial charge is 0.337 e. The third kappa shape index (κ3) is 6.83. The van der Waals surface area contributed by atoms with Gasteiger partial charge in [-0.2, -0.15) is 11.8 Å². The van der Waals surface area contributed by atoms with Crippen LogP contribution in [0.3, 0.4) is 0 Å². The molecule has 1 unspecified atom stereocenters. The lowest BCUT2D eigenvalue weighted by Crippen LogP contribution is -2.50. The molecule has 1 aliphatic rings. The van der Waals surface area contributed by atoms with Crippen molar-refractivity contribution in [2.45, 2.75) is 38.5 Å². The highest BCUT2D eigenvalue weighted by Gasteiger charge is 2.19. The molecule has 1 atom stereocenters. The highest BCUT2D eigenvalue weighted by atomic mass is 32.2. The number of carbonyl (C=O) groups is 1. The third-order valence-electron chi connectivity index (χ3n) is 4.21. The summed E-state index contributed by atoms with van der Waals surface area (Å²) in [7, 11) is 0. The number of carbonyl (C=O) groups excluding carboxylic acids is 1. The van der Waals surface area contributed by atoms with Crippen LogP contribution in [0, 0.1) is 6.92 Å². The van der Waals surface area contributed by atoms with Gasteiger partial charge in [0.25, 0.3) is 0 Å². The van der Waals surface area contributed by atoms with Crippen LogP contribution >= 0.6 is 11.8 Å². The van der Waals surface area contributed by atoms with Crippen LogP contribution in [0.4, 0.5) is 4.79 Å². The number of urea groups is 1. The number of hydrogen-bond acceptors (Lipinski definition) is 3. The van der Waals surface area contributed by atoms with E-state index in [2.05, 4.69) is 53.6 Å². The molecule has 5 heteroatoms. The first-order chi connectivity index (χ1) is 11.2. The summed E-state index contributed by atoms with van der Waals surface area (Å²) in [6.45, 7) is 8.19. The Morgan fingerprint density at radius 2 is 2.13 bits per heavy atom. The van der Waals surface area contributed by atoms with Gasteiger partial charge in [-0.05, 0) is 38.4 Å². The first-order valence-electron chi connectivity index (χ1n) is 8.57. The van der Waals surface area contributed by atoms with Crippen LogP contribution in [0.15, 0.2) is 24.3 Å². The second-order valence-corrected chi connectivity index (χ2v) is 7.28. The molecule has 0 spiro atoms. The topological polar surface area (TPSA) is 44.4 Å². The van der Waals surface area contributed by atoms with Crippen molar-refractivity contribution in [3.05, 3.63) is 35.4 Å². The van der Waals surface area contributed by atoms with Crippen molar-refractivity contribution < 1.29 is 4.79 Å². The Hall–Kier alpha value is -1.20. The summed E-state index contributed by atoms with van der Waals surface area (Å²) in [5.74, 6) is 1.94. The normalized spacial score (nSPS) is 18.6. The Kier molecular flexibility index (Phi) is 7.76. The molecule has 0 aliphatic carbocycles. The van der Waals surface area contributed by atoms with Crippen molar-refractivity contribution in [3.63, 3.8) is 0 Å². The molecule has 4 nitrogen and oxygen atoms in total. The maximum atomic E-state index is 11.9. The number of rotatable bonds is 7. The molecule has 0 aromatic heterocycles. The average molecular weight is 336 g/mol. The van der Waals surface area contributed by atoms with Gasteiger partial charge in [0, 0.05) is 30.6 Å². The summed E-state index contributed by atoms with van der Waals surface area (Å²) in [6, 6.07) is 8.90. The van der Waals surface area contributed by atoms with Crippen molar-refractivity contribution in [2.75, 3.05) is 31.9 Å². The molecule has 0 bridgehead atoms. The van der Waals surface area contributed by atoms with E-state index in [4.69, 9.17) is 0 Å². The number of likely N-dealkylation sites (tertiary alicyclic amines) is 1. The van der Waals surface area contributed by atoms with E-state index < -0.39 is 0 Å². The van der Waals surface area contributed by atoms with E-state index in [0.29, 0.717) is 12.6 Å². The monoisotopic (exact) mass is 335 g/mol.